The summed E-state index contributed by atoms with van der Waals surface area (Å²) in [5, 5.41) is 6.38. The molecule has 4 rings (SSSR count). The van der Waals surface area contributed by atoms with E-state index in [0.29, 0.717) is 50.9 Å². The number of nitrogens with one attached hydrogen (secondary N) is 2. The summed E-state index contributed by atoms with van der Waals surface area (Å²) < 4.78 is 46.8. The van der Waals surface area contributed by atoms with Crippen LogP contribution in [0, 0.1) is 11.8 Å². The second kappa shape index (κ2) is 14.4. The molecule has 1 saturated carbocycles. The van der Waals surface area contributed by atoms with Gasteiger partial charge >= 0.3 is 6.36 Å². The van der Waals surface area contributed by atoms with E-state index in [1.807, 2.05) is 30.3 Å². The Bertz CT molecular complexity index is 1070. The lowest BCUT2D eigenvalue weighted by Gasteiger charge is -2.31. The lowest BCUT2D eigenvalue weighted by atomic mass is 9.81. The fourth-order valence-electron chi connectivity index (χ4n) is 5.48. The molecule has 0 aromatic heterocycles. The molecule has 2 amide bonds. The fourth-order valence-corrected chi connectivity index (χ4v) is 5.48. The van der Waals surface area contributed by atoms with Crippen LogP contribution in [0.1, 0.15) is 56.6 Å². The maximum Gasteiger partial charge on any atom is 0.573 e. The monoisotopic (exact) mass is 561 g/mol. The van der Waals surface area contributed by atoms with Crippen molar-refractivity contribution in [1.29, 1.82) is 0 Å². The minimum atomic E-state index is -4.76. The molecule has 2 N–H and O–H groups in total. The highest BCUT2D eigenvalue weighted by Gasteiger charge is 2.32. The smallest absolute Gasteiger partial charge is 0.406 e. The highest BCUT2D eigenvalue weighted by molar-refractivity contribution is 5.86. The molecule has 218 valence electrons. The largest absolute Gasteiger partial charge is 0.573 e. The number of halogens is 3. The van der Waals surface area contributed by atoms with Gasteiger partial charge in [-0.1, -0.05) is 62.4 Å². The highest BCUT2D eigenvalue weighted by Crippen LogP contribution is 2.31. The molecular weight excluding hydrogens is 523 g/mol. The van der Waals surface area contributed by atoms with Crippen LogP contribution in [0.3, 0.4) is 0 Å². The number of hydrogen-bond acceptors (Lipinski definition) is 5. The Kier molecular flexibility index (Phi) is 10.7. The summed E-state index contributed by atoms with van der Waals surface area (Å²) in [5.74, 6) is -0.496. The van der Waals surface area contributed by atoms with E-state index >= 15 is 0 Å². The van der Waals surface area contributed by atoms with Crippen LogP contribution >= 0.6 is 0 Å². The zero-order chi connectivity index (χ0) is 28.4. The SMILES string of the molecule is O=C(N[C@H](CNc1ccc(OC(F)(F)F)cc1)c1ccccc1)[C@@H](CC(=O)N1CCOCC1)CC1CCCCC1. The van der Waals surface area contributed by atoms with E-state index in [1.165, 1.54) is 30.7 Å². The number of carbonyl (C=O) groups is 2. The molecule has 0 radical (unpaired) electrons. The van der Waals surface area contributed by atoms with Gasteiger partial charge in [-0.2, -0.15) is 0 Å². The summed E-state index contributed by atoms with van der Waals surface area (Å²) in [6, 6.07) is 14.6. The van der Waals surface area contributed by atoms with Crippen LogP contribution in [0.15, 0.2) is 54.6 Å². The Balaban J connectivity index is 1.44. The van der Waals surface area contributed by atoms with Crippen molar-refractivity contribution in [2.75, 3.05) is 38.2 Å². The summed E-state index contributed by atoms with van der Waals surface area (Å²) in [7, 11) is 0. The lowest BCUT2D eigenvalue weighted by Crippen LogP contribution is -2.44. The molecule has 0 bridgehead atoms. The number of ether oxygens (including phenoxy) is 2. The van der Waals surface area contributed by atoms with Crippen molar-refractivity contribution in [3.05, 3.63) is 60.2 Å². The van der Waals surface area contributed by atoms with Crippen molar-refractivity contribution in [1.82, 2.24) is 10.2 Å². The third kappa shape index (κ3) is 9.43. The standard InChI is InChI=1S/C30H38F3N3O4/c31-30(32,33)40-26-13-11-25(12-14-26)34-21-27(23-9-5-2-6-10-23)35-29(38)24(19-22-7-3-1-4-8-22)20-28(37)36-15-17-39-18-16-36/h2,5-6,9-14,22,24,27,34H,1,3-4,7-8,15-21H2,(H,35,38)/t24-,27-/m1/s1. The minimum Gasteiger partial charge on any atom is -0.406 e. The van der Waals surface area contributed by atoms with Gasteiger partial charge in [-0.15, -0.1) is 13.2 Å². The Morgan fingerprint density at radius 2 is 1.65 bits per heavy atom. The van der Waals surface area contributed by atoms with Gasteiger partial charge in [0.05, 0.1) is 19.3 Å². The molecule has 1 saturated heterocycles. The Hall–Kier alpha value is -3.27. The molecule has 2 aromatic rings. The Labute approximate surface area is 233 Å². The van der Waals surface area contributed by atoms with Gasteiger partial charge in [-0.25, -0.2) is 0 Å². The predicted octanol–water partition coefficient (Wildman–Crippen LogP) is 5.69. The average molecular weight is 562 g/mol. The van der Waals surface area contributed by atoms with Crippen molar-refractivity contribution in [3.8, 4) is 5.75 Å². The molecule has 1 aliphatic heterocycles. The summed E-state index contributed by atoms with van der Waals surface area (Å²) in [6.45, 7) is 2.41. The van der Waals surface area contributed by atoms with E-state index in [9.17, 15) is 22.8 Å². The van der Waals surface area contributed by atoms with E-state index in [2.05, 4.69) is 15.4 Å². The molecule has 7 nitrogen and oxygen atoms in total. The van der Waals surface area contributed by atoms with Crippen molar-refractivity contribution in [2.45, 2.75) is 57.3 Å². The number of alkyl halides is 3. The molecule has 0 spiro atoms. The first-order valence-electron chi connectivity index (χ1n) is 14.1. The van der Waals surface area contributed by atoms with Crippen LogP contribution in [-0.4, -0.2) is 55.9 Å². The van der Waals surface area contributed by atoms with Gasteiger partial charge in [0.1, 0.15) is 5.75 Å². The summed E-state index contributed by atoms with van der Waals surface area (Å²) in [5.41, 5.74) is 1.47. The van der Waals surface area contributed by atoms with Crippen LogP contribution in [0.5, 0.6) is 5.75 Å². The maximum atomic E-state index is 13.8. The van der Waals surface area contributed by atoms with Crippen molar-refractivity contribution < 1.29 is 32.2 Å². The Morgan fingerprint density at radius 3 is 2.30 bits per heavy atom. The molecule has 40 heavy (non-hydrogen) atoms. The first-order chi connectivity index (χ1) is 19.3. The molecule has 2 aliphatic rings. The number of rotatable bonds is 11. The van der Waals surface area contributed by atoms with E-state index < -0.39 is 18.3 Å². The second-order valence-corrected chi connectivity index (χ2v) is 10.6. The molecule has 1 heterocycles. The van der Waals surface area contributed by atoms with Crippen molar-refractivity contribution >= 4 is 17.5 Å². The van der Waals surface area contributed by atoms with E-state index in [-0.39, 0.29) is 24.0 Å². The second-order valence-electron chi connectivity index (χ2n) is 10.6. The van der Waals surface area contributed by atoms with Gasteiger partial charge in [0.15, 0.2) is 0 Å². The number of amides is 2. The fraction of sp³-hybridized carbons (Fsp3) is 0.533. The first-order valence-corrected chi connectivity index (χ1v) is 14.1. The number of hydrogen-bond donors (Lipinski definition) is 2. The molecule has 1 aliphatic carbocycles. The zero-order valence-corrected chi connectivity index (χ0v) is 22.6. The van der Waals surface area contributed by atoms with Crippen LogP contribution < -0.4 is 15.4 Å². The normalized spacial score (nSPS) is 18.0. The molecule has 0 unspecified atom stereocenters. The molecule has 2 fully saturated rings. The lowest BCUT2D eigenvalue weighted by molar-refractivity contribution is -0.274. The van der Waals surface area contributed by atoms with E-state index in [1.54, 1.807) is 4.90 Å². The molecule has 2 atom stereocenters. The average Bonchev–Trinajstić information content (AvgIpc) is 2.96. The number of morpholine rings is 1. The highest BCUT2D eigenvalue weighted by atomic mass is 19.4. The maximum absolute atomic E-state index is 13.8. The number of benzene rings is 2. The van der Waals surface area contributed by atoms with Crippen LogP contribution in [0.4, 0.5) is 18.9 Å². The van der Waals surface area contributed by atoms with Gasteiger partial charge < -0.3 is 25.0 Å². The van der Waals surface area contributed by atoms with Gasteiger partial charge in [0.2, 0.25) is 11.8 Å². The van der Waals surface area contributed by atoms with Crippen molar-refractivity contribution in [3.63, 3.8) is 0 Å². The molecular formula is C30H38F3N3O4. The third-order valence-electron chi connectivity index (χ3n) is 7.61. The van der Waals surface area contributed by atoms with Crippen LogP contribution in [0.25, 0.3) is 0 Å². The molecule has 2 aromatic carbocycles. The van der Waals surface area contributed by atoms with E-state index in [4.69, 9.17) is 4.74 Å². The van der Waals surface area contributed by atoms with E-state index in [0.717, 1.165) is 31.2 Å². The summed E-state index contributed by atoms with van der Waals surface area (Å²) >= 11 is 0. The minimum absolute atomic E-state index is 0.0187. The van der Waals surface area contributed by atoms with Gasteiger partial charge in [0, 0.05) is 37.7 Å². The van der Waals surface area contributed by atoms with Crippen LogP contribution in [0.2, 0.25) is 0 Å². The third-order valence-corrected chi connectivity index (χ3v) is 7.61. The predicted molar refractivity (Wildman–Crippen MR) is 146 cm³/mol. The quantitative estimate of drug-likeness (QED) is 0.369. The topological polar surface area (TPSA) is 79.9 Å². The van der Waals surface area contributed by atoms with Crippen LogP contribution in [-0.2, 0) is 14.3 Å². The summed E-state index contributed by atoms with van der Waals surface area (Å²) in [4.78, 5) is 28.7. The van der Waals surface area contributed by atoms with Crippen molar-refractivity contribution in [2.24, 2.45) is 11.8 Å². The number of nitrogens with zero attached hydrogens (tertiary/aromatic N) is 1. The van der Waals surface area contributed by atoms with Gasteiger partial charge in [-0.3, -0.25) is 9.59 Å². The van der Waals surface area contributed by atoms with Gasteiger partial charge in [-0.05, 0) is 42.2 Å². The van der Waals surface area contributed by atoms with Gasteiger partial charge in [0.25, 0.3) is 0 Å². The Morgan fingerprint density at radius 1 is 0.975 bits per heavy atom. The zero-order valence-electron chi connectivity index (χ0n) is 22.6. The number of carbonyl (C=O) groups excluding carboxylic acids is 2. The molecule has 10 heteroatoms. The summed E-state index contributed by atoms with van der Waals surface area (Å²) in [6.07, 6.45) is 1.76. The number of anilines is 1. The first kappa shape index (κ1) is 29.7.